The van der Waals surface area contributed by atoms with Crippen LogP contribution in [0, 0.1) is 11.8 Å². The first-order chi connectivity index (χ1) is 17.7. The van der Waals surface area contributed by atoms with E-state index in [-0.39, 0.29) is 11.5 Å². The van der Waals surface area contributed by atoms with E-state index in [9.17, 15) is 22.8 Å². The molecule has 2 N–H and O–H groups in total. The summed E-state index contributed by atoms with van der Waals surface area (Å²) in [6.07, 6.45) is -1.34. The number of H-pyrrole nitrogens is 1. The van der Waals surface area contributed by atoms with Gasteiger partial charge in [-0.3, -0.25) is 19.2 Å². The van der Waals surface area contributed by atoms with Gasteiger partial charge in [-0.15, -0.1) is 0 Å². The van der Waals surface area contributed by atoms with Crippen molar-refractivity contribution in [1.82, 2.24) is 29.5 Å². The molecule has 13 heteroatoms. The fraction of sp³-hybridized carbons (Fsp3) is 0.333. The molecule has 0 aliphatic carbocycles. The number of aryl methyl sites for hydroxylation is 1. The monoisotopic (exact) mass is 515 g/mol. The molecule has 1 aromatic carbocycles. The number of hydrogen-bond donors (Lipinski definition) is 2. The van der Waals surface area contributed by atoms with Crippen LogP contribution < -0.4 is 10.1 Å². The van der Waals surface area contributed by atoms with E-state index >= 15 is 0 Å². The molecule has 3 heterocycles. The van der Waals surface area contributed by atoms with Crippen LogP contribution in [-0.4, -0.2) is 81.2 Å². The highest BCUT2D eigenvalue weighted by molar-refractivity contribution is 6.05. The van der Waals surface area contributed by atoms with Gasteiger partial charge in [0.2, 0.25) is 6.41 Å². The van der Waals surface area contributed by atoms with Gasteiger partial charge in [0, 0.05) is 57.5 Å². The molecular weight excluding hydrogens is 491 g/mol. The van der Waals surface area contributed by atoms with Crippen molar-refractivity contribution >= 4 is 18.0 Å². The maximum atomic E-state index is 13.0. The van der Waals surface area contributed by atoms with Crippen LogP contribution in [0.4, 0.5) is 18.9 Å². The summed E-state index contributed by atoms with van der Waals surface area (Å²) in [5.74, 6) is 4.76. The van der Waals surface area contributed by atoms with Gasteiger partial charge in [0.25, 0.3) is 0 Å². The molecule has 1 saturated heterocycles. The summed E-state index contributed by atoms with van der Waals surface area (Å²) in [5, 5.41) is 6.73. The van der Waals surface area contributed by atoms with Crippen LogP contribution in [0.15, 0.2) is 36.7 Å². The summed E-state index contributed by atoms with van der Waals surface area (Å²) < 4.78 is 46.4. The Labute approximate surface area is 210 Å². The summed E-state index contributed by atoms with van der Waals surface area (Å²) in [5.41, 5.74) is -0.0218. The zero-order valence-corrected chi connectivity index (χ0v) is 19.9. The second-order valence-electron chi connectivity index (χ2n) is 8.26. The third kappa shape index (κ3) is 6.89. The Bertz CT molecular complexity index is 1310. The minimum atomic E-state index is -4.57. The van der Waals surface area contributed by atoms with Crippen molar-refractivity contribution < 1.29 is 27.5 Å². The van der Waals surface area contributed by atoms with Crippen molar-refractivity contribution in [2.45, 2.75) is 6.18 Å². The maximum Gasteiger partial charge on any atom is 0.432 e. The zero-order chi connectivity index (χ0) is 26.4. The second kappa shape index (κ2) is 11.2. The highest BCUT2D eigenvalue weighted by Gasteiger charge is 2.33. The molecule has 0 spiro atoms. The van der Waals surface area contributed by atoms with Gasteiger partial charge >= 0.3 is 12.1 Å². The molecule has 3 aromatic rings. The number of rotatable bonds is 7. The molecule has 1 aliphatic rings. The molecule has 37 heavy (non-hydrogen) atoms. The summed E-state index contributed by atoms with van der Waals surface area (Å²) in [7, 11) is 1.72. The number of carbonyl (C=O) groups excluding carboxylic acids is 2. The van der Waals surface area contributed by atoms with Crippen molar-refractivity contribution in [1.29, 1.82) is 0 Å². The second-order valence-corrected chi connectivity index (χ2v) is 8.26. The Kier molecular flexibility index (Phi) is 7.78. The average molecular weight is 515 g/mol. The van der Waals surface area contributed by atoms with Crippen LogP contribution in [0.25, 0.3) is 11.4 Å². The summed E-state index contributed by atoms with van der Waals surface area (Å²) in [4.78, 5) is 33.3. The van der Waals surface area contributed by atoms with Crippen molar-refractivity contribution in [3.8, 4) is 29.0 Å². The molecule has 0 unspecified atom stereocenters. The molecule has 0 bridgehead atoms. The number of ether oxygens (including phenoxy) is 1. The number of halogens is 3. The van der Waals surface area contributed by atoms with Crippen LogP contribution in [0.5, 0.6) is 5.75 Å². The molecule has 0 atom stereocenters. The van der Waals surface area contributed by atoms with E-state index in [0.29, 0.717) is 62.5 Å². The molecular formula is C24H24F3N7O3. The van der Waals surface area contributed by atoms with Crippen molar-refractivity contribution in [2.75, 3.05) is 44.6 Å². The van der Waals surface area contributed by atoms with Gasteiger partial charge in [0.05, 0.1) is 11.9 Å². The van der Waals surface area contributed by atoms with Gasteiger partial charge in [0.1, 0.15) is 29.6 Å². The fourth-order valence-electron chi connectivity index (χ4n) is 3.65. The number of aromatic amines is 1. The van der Waals surface area contributed by atoms with E-state index < -0.39 is 17.8 Å². The average Bonchev–Trinajstić information content (AvgIpc) is 3.53. The summed E-state index contributed by atoms with van der Waals surface area (Å²) >= 11 is 0. The number of imidazole rings is 1. The third-order valence-corrected chi connectivity index (χ3v) is 5.62. The van der Waals surface area contributed by atoms with Crippen LogP contribution in [0.2, 0.25) is 0 Å². The Morgan fingerprint density at radius 3 is 2.68 bits per heavy atom. The molecule has 2 aromatic heterocycles. The van der Waals surface area contributed by atoms with Gasteiger partial charge in [0.15, 0.2) is 0 Å². The Balaban J connectivity index is 1.50. The number of benzene rings is 1. The van der Waals surface area contributed by atoms with Crippen molar-refractivity contribution in [2.24, 2.45) is 7.05 Å². The van der Waals surface area contributed by atoms with E-state index in [1.54, 1.807) is 41.0 Å². The number of piperazine rings is 1. The fourth-order valence-corrected chi connectivity index (χ4v) is 3.65. The van der Waals surface area contributed by atoms with Gasteiger partial charge in [-0.1, -0.05) is 0 Å². The first-order valence-corrected chi connectivity index (χ1v) is 11.3. The Hall–Kier alpha value is -4.31. The lowest BCUT2D eigenvalue weighted by atomic mass is 10.1. The predicted octanol–water partition coefficient (Wildman–Crippen LogP) is 1.97. The largest absolute Gasteiger partial charge is 0.490 e. The van der Waals surface area contributed by atoms with Gasteiger partial charge in [-0.05, 0) is 30.2 Å². The molecule has 0 radical (unpaired) electrons. The zero-order valence-electron chi connectivity index (χ0n) is 19.9. The summed E-state index contributed by atoms with van der Waals surface area (Å²) in [6.45, 7) is 3.59. The van der Waals surface area contributed by atoms with Gasteiger partial charge < -0.3 is 19.9 Å². The van der Waals surface area contributed by atoms with E-state index in [1.165, 1.54) is 6.07 Å². The molecule has 10 nitrogen and oxygen atoms in total. The Morgan fingerprint density at radius 2 is 2.03 bits per heavy atom. The number of nitrogens with zero attached hydrogens (tertiary/aromatic N) is 5. The number of aromatic nitrogens is 4. The third-order valence-electron chi connectivity index (χ3n) is 5.62. The Morgan fingerprint density at radius 1 is 1.24 bits per heavy atom. The van der Waals surface area contributed by atoms with Crippen LogP contribution in [-0.2, 0) is 22.8 Å². The van der Waals surface area contributed by atoms with Crippen LogP contribution >= 0.6 is 0 Å². The van der Waals surface area contributed by atoms with Gasteiger partial charge in [-0.2, -0.15) is 18.3 Å². The van der Waals surface area contributed by atoms with Gasteiger partial charge in [-0.25, -0.2) is 4.98 Å². The van der Waals surface area contributed by atoms with E-state index in [1.807, 2.05) is 0 Å². The minimum Gasteiger partial charge on any atom is -0.490 e. The number of nitrogens with one attached hydrogen (secondary N) is 2. The van der Waals surface area contributed by atoms with Crippen LogP contribution in [0.3, 0.4) is 0 Å². The summed E-state index contributed by atoms with van der Waals surface area (Å²) in [6, 6.07) is 6.22. The lowest BCUT2D eigenvalue weighted by molar-refractivity contribution is -0.140. The molecule has 2 amide bonds. The lowest BCUT2D eigenvalue weighted by Gasteiger charge is -2.32. The number of amides is 2. The molecule has 1 fully saturated rings. The topological polar surface area (TPSA) is 108 Å². The number of anilines is 1. The predicted molar refractivity (Wildman–Crippen MR) is 127 cm³/mol. The maximum absolute atomic E-state index is 13.0. The normalized spacial score (nSPS) is 14.1. The first-order valence-electron chi connectivity index (χ1n) is 11.3. The van der Waals surface area contributed by atoms with E-state index in [0.717, 1.165) is 6.41 Å². The smallest absolute Gasteiger partial charge is 0.432 e. The molecule has 194 valence electrons. The quantitative estimate of drug-likeness (QED) is 0.368. The van der Waals surface area contributed by atoms with Crippen molar-refractivity contribution in [3.05, 3.63) is 48.0 Å². The lowest BCUT2D eigenvalue weighted by Crippen LogP contribution is -2.46. The molecule has 1 aliphatic heterocycles. The first kappa shape index (κ1) is 25.8. The number of hydrogen-bond acceptors (Lipinski definition) is 6. The SMILES string of the molecule is Cn1ccc(C#CC(=O)Nc2cc(-c3ncc(C(F)(F)F)[nH]3)ccc2OCCN2CCN(C=O)CC2)n1. The standard InChI is InChI=1S/C24H24F3N7O3/c1-32-7-6-18(31-32)3-5-22(36)29-19-14-17(23-28-15-21(30-23)24(25,26)27)2-4-20(19)37-13-12-33-8-10-34(16-35)11-9-33/h2,4,6-7,14-16H,8-13H2,1H3,(H,28,30)(H,29,36). The molecule has 0 saturated carbocycles. The highest BCUT2D eigenvalue weighted by Crippen LogP contribution is 2.32. The number of carbonyl (C=O) groups is 2. The minimum absolute atomic E-state index is 0.0120. The number of alkyl halides is 3. The molecule has 4 rings (SSSR count). The van der Waals surface area contributed by atoms with Crippen molar-refractivity contribution in [3.63, 3.8) is 0 Å². The highest BCUT2D eigenvalue weighted by atomic mass is 19.4. The van der Waals surface area contributed by atoms with E-state index in [4.69, 9.17) is 4.74 Å². The van der Waals surface area contributed by atoms with Crippen LogP contribution in [0.1, 0.15) is 11.4 Å². The van der Waals surface area contributed by atoms with E-state index in [2.05, 4.69) is 37.1 Å².